The molecule has 2 rings (SSSR count). The van der Waals surface area contributed by atoms with Crippen LogP contribution in [-0.2, 0) is 20.2 Å². The first-order valence-corrected chi connectivity index (χ1v) is 9.09. The molecule has 0 fully saturated rings. The van der Waals surface area contributed by atoms with Gasteiger partial charge < -0.3 is 0 Å². The van der Waals surface area contributed by atoms with Crippen molar-refractivity contribution >= 4 is 54.2 Å². The van der Waals surface area contributed by atoms with Crippen molar-refractivity contribution in [1.29, 1.82) is 0 Å². The molecule has 0 aromatic heterocycles. The van der Waals surface area contributed by atoms with E-state index >= 15 is 0 Å². The number of fused-ring (bicyclic) bond motifs is 1. The van der Waals surface area contributed by atoms with E-state index in [0.717, 1.165) is 0 Å². The Morgan fingerprint density at radius 2 is 1.48 bits per heavy atom. The molecule has 6 nitrogen and oxygen atoms in total. The van der Waals surface area contributed by atoms with Gasteiger partial charge in [0, 0.05) is 5.56 Å². The van der Waals surface area contributed by atoms with E-state index in [9.17, 15) is 25.9 Å². The molecule has 0 atom stereocenters. The van der Waals surface area contributed by atoms with Crippen LogP contribution in [0.25, 0.3) is 10.8 Å². The Labute approximate surface area is 130 Å². The third-order valence-corrected chi connectivity index (χ3v) is 6.57. The van der Waals surface area contributed by atoms with Crippen molar-refractivity contribution in [2.75, 3.05) is 0 Å². The molecule has 21 heavy (non-hydrogen) atoms. The Bertz CT molecular complexity index is 889. The van der Waals surface area contributed by atoms with Gasteiger partial charge in [-0.15, -0.1) is 0 Å². The van der Waals surface area contributed by atoms with Gasteiger partial charge in [0.15, 0.2) is 0 Å². The van der Waals surface area contributed by atoms with Gasteiger partial charge in [0.1, 0.15) is 0 Å². The summed E-state index contributed by atoms with van der Waals surface area (Å²) < 4.78 is 61.3. The second-order valence-corrected chi connectivity index (χ2v) is 8.26. The van der Waals surface area contributed by atoms with Crippen LogP contribution in [0.5, 0.6) is 0 Å². The summed E-state index contributed by atoms with van der Waals surface area (Å²) >= 11 is 11.7. The molecule has 10 heteroatoms. The third kappa shape index (κ3) is 3.15. The number of hydrogen-bond acceptors (Lipinski definition) is 4. The summed E-state index contributed by atoms with van der Waals surface area (Å²) in [6.45, 7) is 0. The van der Waals surface area contributed by atoms with E-state index < -0.39 is 30.4 Å². The minimum absolute atomic E-state index is 0.109. The first-order valence-electron chi connectivity index (χ1n) is 5.32. The van der Waals surface area contributed by atoms with Gasteiger partial charge in [0.05, 0.1) is 10.0 Å². The smallest absolute Gasteiger partial charge is 0.284 e. The second-order valence-electron chi connectivity index (χ2n) is 4.17. The van der Waals surface area contributed by atoms with Crippen molar-refractivity contribution in [3.05, 3.63) is 45.9 Å². The zero-order chi connectivity index (χ0) is 16.0. The third-order valence-electron chi connectivity index (χ3n) is 2.76. The van der Waals surface area contributed by atoms with Crippen molar-refractivity contribution in [1.82, 2.24) is 0 Å². The quantitative estimate of drug-likeness (QED) is 0.803. The average Bonchev–Trinajstić information content (AvgIpc) is 2.31. The highest BCUT2D eigenvalue weighted by Gasteiger charge is 2.40. The molecular weight excluding hydrogens is 363 g/mol. The second kappa shape index (κ2) is 5.38. The Hall–Kier alpha value is -0.900. The Balaban J connectivity index is 3.03. The highest BCUT2D eigenvalue weighted by atomic mass is 35.5. The lowest BCUT2D eigenvalue weighted by Gasteiger charge is -2.16. The number of benzene rings is 2. The lowest BCUT2D eigenvalue weighted by atomic mass is 10.1. The van der Waals surface area contributed by atoms with Crippen LogP contribution < -0.4 is 0 Å². The summed E-state index contributed by atoms with van der Waals surface area (Å²) in [7, 11) is -10.4. The molecule has 0 aliphatic rings. The summed E-state index contributed by atoms with van der Waals surface area (Å²) in [5.41, 5.74) is -0.496. The maximum atomic E-state index is 11.4. The Morgan fingerprint density at radius 1 is 0.952 bits per heavy atom. The first kappa shape index (κ1) is 16.5. The lowest BCUT2D eigenvalue weighted by Crippen LogP contribution is -2.22. The largest absolute Gasteiger partial charge is 0.289 e. The van der Waals surface area contributed by atoms with Gasteiger partial charge in [-0.25, -0.2) is 0 Å². The van der Waals surface area contributed by atoms with Crippen molar-refractivity contribution in [2.24, 2.45) is 0 Å². The fraction of sp³-hybridized carbons (Fsp3) is 0.0909. The van der Waals surface area contributed by atoms with Gasteiger partial charge in [-0.3, -0.25) is 9.11 Å². The normalized spacial score (nSPS) is 13.0. The van der Waals surface area contributed by atoms with Gasteiger partial charge in [0.25, 0.3) is 20.2 Å². The minimum atomic E-state index is -5.19. The van der Waals surface area contributed by atoms with Crippen LogP contribution in [0.3, 0.4) is 0 Å². The van der Waals surface area contributed by atoms with Crippen LogP contribution in [0.1, 0.15) is 10.1 Å². The standard InChI is InChI=1S/C11H8Cl2O6S2/c12-8-5-6-3-1-2-4-7(6)9(10(8)13)11(20(14,15)16)21(17,18)19/h1-5,11H,(H,14,15,16)(H,17,18,19). The zero-order valence-electron chi connectivity index (χ0n) is 10.1. The highest BCUT2D eigenvalue weighted by Crippen LogP contribution is 2.41. The lowest BCUT2D eigenvalue weighted by molar-refractivity contribution is 0.457. The monoisotopic (exact) mass is 370 g/mol. The van der Waals surface area contributed by atoms with E-state index in [1.54, 1.807) is 12.1 Å². The number of hydrogen-bond donors (Lipinski definition) is 2. The van der Waals surface area contributed by atoms with Gasteiger partial charge in [0.2, 0.25) is 4.58 Å². The van der Waals surface area contributed by atoms with Crippen molar-refractivity contribution < 1.29 is 25.9 Å². The molecule has 114 valence electrons. The summed E-state index contributed by atoms with van der Waals surface area (Å²) in [6, 6.07) is 7.49. The molecule has 2 aromatic carbocycles. The van der Waals surface area contributed by atoms with Crippen LogP contribution in [0.4, 0.5) is 0 Å². The van der Waals surface area contributed by atoms with Crippen LogP contribution >= 0.6 is 23.2 Å². The molecule has 0 radical (unpaired) electrons. The highest BCUT2D eigenvalue weighted by molar-refractivity contribution is 8.03. The van der Waals surface area contributed by atoms with Gasteiger partial charge >= 0.3 is 0 Å². The average molecular weight is 371 g/mol. The first-order chi connectivity index (χ1) is 9.53. The fourth-order valence-corrected chi connectivity index (χ4v) is 4.93. The molecule has 0 aliphatic carbocycles. The Morgan fingerprint density at radius 3 is 2.00 bits per heavy atom. The van der Waals surface area contributed by atoms with Gasteiger partial charge in [-0.05, 0) is 16.8 Å². The summed E-state index contributed by atoms with van der Waals surface area (Å²) in [5, 5.41) is 0.0460. The molecule has 0 bridgehead atoms. The maximum absolute atomic E-state index is 11.4. The van der Waals surface area contributed by atoms with E-state index in [0.29, 0.717) is 5.39 Å². The van der Waals surface area contributed by atoms with E-state index in [1.165, 1.54) is 18.2 Å². The fourth-order valence-electron chi connectivity index (χ4n) is 2.00. The predicted molar refractivity (Wildman–Crippen MR) is 79.8 cm³/mol. The maximum Gasteiger partial charge on any atom is 0.289 e. The minimum Gasteiger partial charge on any atom is -0.284 e. The van der Waals surface area contributed by atoms with Gasteiger partial charge in [-0.1, -0.05) is 47.5 Å². The van der Waals surface area contributed by atoms with Crippen LogP contribution in [0, 0.1) is 0 Å². The topological polar surface area (TPSA) is 109 Å². The van der Waals surface area contributed by atoms with Crippen molar-refractivity contribution in [3.8, 4) is 0 Å². The molecule has 2 aromatic rings. The SMILES string of the molecule is O=S(=O)(O)C(c1c(Cl)c(Cl)cc2ccccc12)S(=O)(=O)O. The summed E-state index contributed by atoms with van der Waals surface area (Å²) in [5.74, 6) is 0. The van der Waals surface area contributed by atoms with E-state index in [1.807, 2.05) is 0 Å². The molecular formula is C11H8Cl2O6S2. The number of halogens is 2. The van der Waals surface area contributed by atoms with Crippen LogP contribution in [0.2, 0.25) is 10.0 Å². The predicted octanol–water partition coefficient (Wildman–Crippen LogP) is 2.92. The molecule has 0 aliphatic heterocycles. The van der Waals surface area contributed by atoms with E-state index in [2.05, 4.69) is 0 Å². The molecule has 0 heterocycles. The summed E-state index contributed by atoms with van der Waals surface area (Å²) in [4.78, 5) is 0. The molecule has 0 spiro atoms. The number of rotatable bonds is 3. The zero-order valence-corrected chi connectivity index (χ0v) is 13.2. The van der Waals surface area contributed by atoms with E-state index in [4.69, 9.17) is 23.2 Å². The van der Waals surface area contributed by atoms with Gasteiger partial charge in [-0.2, -0.15) is 16.8 Å². The molecule has 2 N–H and O–H groups in total. The van der Waals surface area contributed by atoms with E-state index in [-0.39, 0.29) is 15.4 Å². The Kier molecular flexibility index (Phi) is 4.22. The molecule has 0 saturated heterocycles. The molecule has 0 amide bonds. The molecule has 0 saturated carbocycles. The van der Waals surface area contributed by atoms with Crippen LogP contribution in [-0.4, -0.2) is 25.9 Å². The molecule has 0 unspecified atom stereocenters. The van der Waals surface area contributed by atoms with Crippen molar-refractivity contribution in [3.63, 3.8) is 0 Å². The van der Waals surface area contributed by atoms with Crippen molar-refractivity contribution in [2.45, 2.75) is 4.58 Å². The van der Waals surface area contributed by atoms with Crippen LogP contribution in [0.15, 0.2) is 30.3 Å². The summed E-state index contributed by atoms with van der Waals surface area (Å²) in [6.07, 6.45) is 0.